The summed E-state index contributed by atoms with van der Waals surface area (Å²) in [4.78, 5) is 20.1. The largest absolute Gasteiger partial charge is 0.381 e. The van der Waals surface area contributed by atoms with Crippen molar-refractivity contribution in [2.24, 2.45) is 5.41 Å². The number of methoxy groups -OCH3 is 1. The summed E-state index contributed by atoms with van der Waals surface area (Å²) in [6.07, 6.45) is 5.91. The fraction of sp³-hybridized carbons (Fsp3) is 0.650. The van der Waals surface area contributed by atoms with E-state index in [4.69, 9.17) is 4.74 Å². The summed E-state index contributed by atoms with van der Waals surface area (Å²) in [6.45, 7) is 7.45. The highest BCUT2D eigenvalue weighted by atomic mass is 16.5. The number of ether oxygens (including phenoxy) is 1. The summed E-state index contributed by atoms with van der Waals surface area (Å²) in [7, 11) is 1.81. The van der Waals surface area contributed by atoms with Crippen molar-refractivity contribution in [3.8, 4) is 0 Å². The van der Waals surface area contributed by atoms with Crippen LogP contribution in [0.3, 0.4) is 0 Å². The summed E-state index contributed by atoms with van der Waals surface area (Å²) in [5.74, 6) is 0.0656. The minimum atomic E-state index is 0.0656. The number of aryl methyl sites for hydroxylation is 3. The van der Waals surface area contributed by atoms with Gasteiger partial charge in [0.1, 0.15) is 5.56 Å². The Labute approximate surface area is 154 Å². The van der Waals surface area contributed by atoms with Crippen LogP contribution in [0.15, 0.2) is 6.07 Å². The molecule has 1 saturated carbocycles. The van der Waals surface area contributed by atoms with E-state index in [0.717, 1.165) is 55.9 Å². The topological polar surface area (TPSA) is 59.7 Å². The lowest BCUT2D eigenvalue weighted by Crippen LogP contribution is -2.49. The number of nitrogens with zero attached hydrogens (tertiary/aromatic N) is 4. The van der Waals surface area contributed by atoms with Gasteiger partial charge in [-0.15, -0.1) is 0 Å². The predicted octanol–water partition coefficient (Wildman–Crippen LogP) is 3.08. The molecule has 0 N–H and O–H groups in total. The summed E-state index contributed by atoms with van der Waals surface area (Å²) < 4.78 is 7.58. The van der Waals surface area contributed by atoms with Crippen LogP contribution in [0.5, 0.6) is 0 Å². The Hall–Kier alpha value is -1.95. The molecule has 6 nitrogen and oxygen atoms in total. The van der Waals surface area contributed by atoms with Gasteiger partial charge in [-0.05, 0) is 52.5 Å². The van der Waals surface area contributed by atoms with E-state index >= 15 is 0 Å². The van der Waals surface area contributed by atoms with Gasteiger partial charge in [-0.3, -0.25) is 4.79 Å². The number of amides is 1. The Kier molecular flexibility index (Phi) is 4.26. The molecular weight excluding hydrogens is 328 g/mol. The molecule has 6 heteroatoms. The molecule has 3 heterocycles. The Morgan fingerprint density at radius 3 is 2.81 bits per heavy atom. The van der Waals surface area contributed by atoms with Crippen LogP contribution in [-0.2, 0) is 4.74 Å². The molecule has 2 aliphatic rings. The van der Waals surface area contributed by atoms with Crippen molar-refractivity contribution in [1.29, 1.82) is 0 Å². The SMILES string of the molecule is CO[C@@H]1CCC[C@@]12CCCN(C(=O)c1c(C)nn3c(C)cc(C)nc13)C2. The lowest BCUT2D eigenvalue weighted by molar-refractivity contribution is -0.0295. The van der Waals surface area contributed by atoms with Crippen LogP contribution in [0.4, 0.5) is 0 Å². The zero-order chi connectivity index (χ0) is 18.5. The van der Waals surface area contributed by atoms with Crippen LogP contribution in [0.2, 0.25) is 0 Å². The van der Waals surface area contributed by atoms with Gasteiger partial charge in [0.05, 0.1) is 11.8 Å². The van der Waals surface area contributed by atoms with Gasteiger partial charge >= 0.3 is 0 Å². The first kappa shape index (κ1) is 17.5. The summed E-state index contributed by atoms with van der Waals surface area (Å²) in [5.41, 5.74) is 4.12. The third kappa shape index (κ3) is 2.62. The average Bonchev–Trinajstić information content (AvgIpc) is 3.14. The number of hydrogen-bond donors (Lipinski definition) is 0. The molecular formula is C20H28N4O2. The van der Waals surface area contributed by atoms with E-state index in [9.17, 15) is 4.79 Å². The molecule has 0 aromatic carbocycles. The molecule has 0 bridgehead atoms. The van der Waals surface area contributed by atoms with Crippen molar-refractivity contribution in [3.63, 3.8) is 0 Å². The molecule has 1 saturated heterocycles. The molecule has 2 aromatic rings. The standard InChI is InChI=1S/C20H28N4O2/c1-13-11-14(2)24-18(21-13)17(15(3)22-24)19(25)23-10-6-9-20(12-23)8-5-7-16(20)26-4/h11,16H,5-10,12H2,1-4H3/t16-,20+/m1/s1. The van der Waals surface area contributed by atoms with Gasteiger partial charge in [0.2, 0.25) is 0 Å². The smallest absolute Gasteiger partial charge is 0.259 e. The van der Waals surface area contributed by atoms with Gasteiger partial charge in [-0.25, -0.2) is 9.50 Å². The number of piperidine rings is 1. The van der Waals surface area contributed by atoms with E-state index in [1.807, 2.05) is 38.8 Å². The molecule has 1 aliphatic heterocycles. The quantitative estimate of drug-likeness (QED) is 0.830. The maximum absolute atomic E-state index is 13.4. The first-order chi connectivity index (χ1) is 12.4. The van der Waals surface area contributed by atoms with Crippen molar-refractivity contribution >= 4 is 11.6 Å². The van der Waals surface area contributed by atoms with Crippen LogP contribution in [0.25, 0.3) is 5.65 Å². The molecule has 140 valence electrons. The lowest BCUT2D eigenvalue weighted by atomic mass is 9.76. The van der Waals surface area contributed by atoms with Crippen molar-refractivity contribution < 1.29 is 9.53 Å². The van der Waals surface area contributed by atoms with E-state index in [0.29, 0.717) is 11.2 Å². The van der Waals surface area contributed by atoms with Gasteiger partial charge in [-0.1, -0.05) is 6.42 Å². The minimum Gasteiger partial charge on any atom is -0.381 e. The predicted molar refractivity (Wildman–Crippen MR) is 99.4 cm³/mol. The Balaban J connectivity index is 1.70. The molecule has 2 fully saturated rings. The van der Waals surface area contributed by atoms with E-state index in [2.05, 4.69) is 10.1 Å². The molecule has 4 rings (SSSR count). The van der Waals surface area contributed by atoms with Crippen molar-refractivity contribution in [2.75, 3.05) is 20.2 Å². The van der Waals surface area contributed by atoms with Gasteiger partial charge in [0.25, 0.3) is 5.91 Å². The Morgan fingerprint density at radius 2 is 2.04 bits per heavy atom. The molecule has 1 amide bonds. The van der Waals surface area contributed by atoms with Crippen LogP contribution in [0.1, 0.15) is 59.5 Å². The summed E-state index contributed by atoms with van der Waals surface area (Å²) in [5, 5.41) is 4.57. The zero-order valence-electron chi connectivity index (χ0n) is 16.2. The van der Waals surface area contributed by atoms with E-state index in [-0.39, 0.29) is 17.4 Å². The molecule has 0 radical (unpaired) electrons. The second-order valence-electron chi connectivity index (χ2n) is 8.04. The van der Waals surface area contributed by atoms with Crippen molar-refractivity contribution in [2.45, 2.75) is 59.0 Å². The van der Waals surface area contributed by atoms with Crippen LogP contribution in [-0.4, -0.2) is 51.7 Å². The average molecular weight is 356 g/mol. The zero-order valence-corrected chi connectivity index (χ0v) is 16.2. The lowest BCUT2D eigenvalue weighted by Gasteiger charge is -2.43. The first-order valence-electron chi connectivity index (χ1n) is 9.61. The third-order valence-electron chi connectivity index (χ3n) is 6.29. The Bertz CT molecular complexity index is 859. The first-order valence-corrected chi connectivity index (χ1v) is 9.61. The molecule has 2 aromatic heterocycles. The van der Waals surface area contributed by atoms with Gasteiger partial charge in [0, 0.05) is 37.0 Å². The second-order valence-corrected chi connectivity index (χ2v) is 8.04. The molecule has 2 atom stereocenters. The van der Waals surface area contributed by atoms with Gasteiger partial charge in [-0.2, -0.15) is 5.10 Å². The molecule has 1 spiro atoms. The van der Waals surface area contributed by atoms with Crippen LogP contribution >= 0.6 is 0 Å². The normalized spacial score (nSPS) is 26.2. The number of fused-ring (bicyclic) bond motifs is 1. The van der Waals surface area contributed by atoms with Crippen molar-refractivity contribution in [1.82, 2.24) is 19.5 Å². The second kappa shape index (κ2) is 6.34. The fourth-order valence-corrected chi connectivity index (χ4v) is 5.11. The number of carbonyl (C=O) groups is 1. The van der Waals surface area contributed by atoms with E-state index in [1.165, 1.54) is 6.42 Å². The van der Waals surface area contributed by atoms with Crippen LogP contribution in [0, 0.1) is 26.2 Å². The van der Waals surface area contributed by atoms with Gasteiger partial charge in [0.15, 0.2) is 5.65 Å². The number of likely N-dealkylation sites (tertiary alicyclic amines) is 1. The van der Waals surface area contributed by atoms with Crippen LogP contribution < -0.4 is 0 Å². The highest BCUT2D eigenvalue weighted by Crippen LogP contribution is 2.46. The monoisotopic (exact) mass is 356 g/mol. The van der Waals surface area contributed by atoms with Gasteiger partial charge < -0.3 is 9.64 Å². The number of aromatic nitrogens is 3. The highest BCUT2D eigenvalue weighted by Gasteiger charge is 2.47. The number of hydrogen-bond acceptors (Lipinski definition) is 4. The summed E-state index contributed by atoms with van der Waals surface area (Å²) >= 11 is 0. The Morgan fingerprint density at radius 1 is 1.27 bits per heavy atom. The molecule has 0 unspecified atom stereocenters. The maximum atomic E-state index is 13.4. The highest BCUT2D eigenvalue weighted by molar-refractivity contribution is 6.01. The number of rotatable bonds is 2. The third-order valence-corrected chi connectivity index (χ3v) is 6.29. The number of carbonyl (C=O) groups excluding carboxylic acids is 1. The maximum Gasteiger partial charge on any atom is 0.259 e. The molecule has 1 aliphatic carbocycles. The minimum absolute atomic E-state index is 0.0656. The van der Waals surface area contributed by atoms with Crippen molar-refractivity contribution in [3.05, 3.63) is 28.7 Å². The fourth-order valence-electron chi connectivity index (χ4n) is 5.11. The summed E-state index contributed by atoms with van der Waals surface area (Å²) in [6, 6.07) is 1.99. The van der Waals surface area contributed by atoms with E-state index < -0.39 is 0 Å². The molecule has 26 heavy (non-hydrogen) atoms. The van der Waals surface area contributed by atoms with E-state index in [1.54, 1.807) is 4.52 Å².